The van der Waals surface area contributed by atoms with Gasteiger partial charge in [-0.25, -0.2) is 4.79 Å². The Labute approximate surface area is 227 Å². The second kappa shape index (κ2) is 11.2. The van der Waals surface area contributed by atoms with Gasteiger partial charge >= 0.3 is 5.97 Å². The van der Waals surface area contributed by atoms with E-state index in [1.165, 1.54) is 16.7 Å². The predicted molar refractivity (Wildman–Crippen MR) is 149 cm³/mol. The third-order valence-corrected chi connectivity index (χ3v) is 8.11. The maximum absolute atomic E-state index is 13.3. The molecule has 2 aliphatic carbocycles. The van der Waals surface area contributed by atoms with E-state index in [1.807, 2.05) is 12.1 Å². The Morgan fingerprint density at radius 1 is 0.811 bits per heavy atom. The molecule has 0 saturated carbocycles. The van der Waals surface area contributed by atoms with Gasteiger partial charge in [0.25, 0.3) is 0 Å². The quantitative estimate of drug-likeness (QED) is 0.116. The molecule has 5 rings (SSSR count). The maximum Gasteiger partial charge on any atom is 0.365 e. The SMILES string of the molecule is O=C(O/N=C1/Cc2cc3c(cc2C1=O)-c1ccccc1C3(CCCCCl)CCCCCl)c1ccccc1. The molecule has 0 fully saturated rings. The summed E-state index contributed by atoms with van der Waals surface area (Å²) in [7, 11) is 0. The Morgan fingerprint density at radius 3 is 2.19 bits per heavy atom. The third kappa shape index (κ3) is 4.85. The number of alkyl halides is 2. The first-order valence-electron chi connectivity index (χ1n) is 12.9. The van der Waals surface area contributed by atoms with Gasteiger partial charge < -0.3 is 4.84 Å². The van der Waals surface area contributed by atoms with E-state index in [-0.39, 0.29) is 16.9 Å². The van der Waals surface area contributed by atoms with E-state index in [0.717, 1.165) is 49.7 Å². The first kappa shape index (κ1) is 25.7. The van der Waals surface area contributed by atoms with Gasteiger partial charge in [0.2, 0.25) is 5.78 Å². The molecule has 0 atom stereocenters. The number of fused-ring (bicyclic) bond motifs is 4. The molecule has 0 N–H and O–H groups in total. The van der Waals surface area contributed by atoms with Crippen molar-refractivity contribution in [2.24, 2.45) is 5.16 Å². The normalized spacial score (nSPS) is 15.9. The van der Waals surface area contributed by atoms with Crippen molar-refractivity contribution in [3.05, 3.63) is 94.5 Å². The average Bonchev–Trinajstić information content (AvgIpc) is 3.38. The van der Waals surface area contributed by atoms with Gasteiger partial charge in [-0.3, -0.25) is 4.79 Å². The van der Waals surface area contributed by atoms with Crippen LogP contribution in [0.1, 0.15) is 75.9 Å². The molecule has 0 aliphatic heterocycles. The van der Waals surface area contributed by atoms with Crippen LogP contribution in [0.25, 0.3) is 11.1 Å². The molecule has 0 spiro atoms. The van der Waals surface area contributed by atoms with Gasteiger partial charge in [0, 0.05) is 29.2 Å². The van der Waals surface area contributed by atoms with E-state index in [2.05, 4.69) is 35.5 Å². The van der Waals surface area contributed by atoms with E-state index in [9.17, 15) is 9.59 Å². The van der Waals surface area contributed by atoms with Crippen molar-refractivity contribution in [3.8, 4) is 11.1 Å². The highest BCUT2D eigenvalue weighted by atomic mass is 35.5. The van der Waals surface area contributed by atoms with Gasteiger partial charge in [-0.05, 0) is 71.7 Å². The topological polar surface area (TPSA) is 55.7 Å². The summed E-state index contributed by atoms with van der Waals surface area (Å²) < 4.78 is 0. The molecule has 0 bridgehead atoms. The summed E-state index contributed by atoms with van der Waals surface area (Å²) in [5.74, 6) is 0.530. The smallest absolute Gasteiger partial charge is 0.312 e. The highest BCUT2D eigenvalue weighted by Crippen LogP contribution is 2.55. The lowest BCUT2D eigenvalue weighted by Gasteiger charge is -2.33. The Morgan fingerprint density at radius 2 is 1.49 bits per heavy atom. The van der Waals surface area contributed by atoms with Crippen LogP contribution >= 0.6 is 23.2 Å². The van der Waals surface area contributed by atoms with Crippen LogP contribution in [0.5, 0.6) is 0 Å². The molecular weight excluding hydrogens is 505 g/mol. The number of carbonyl (C=O) groups excluding carboxylic acids is 2. The lowest BCUT2D eigenvalue weighted by Crippen LogP contribution is -2.26. The zero-order chi connectivity index (χ0) is 25.8. The van der Waals surface area contributed by atoms with Crippen LogP contribution in [-0.4, -0.2) is 29.2 Å². The van der Waals surface area contributed by atoms with Gasteiger partial charge in [-0.1, -0.05) is 66.5 Å². The van der Waals surface area contributed by atoms with E-state index in [0.29, 0.717) is 29.3 Å². The number of nitrogens with zero attached hydrogens (tertiary/aromatic N) is 1. The van der Waals surface area contributed by atoms with E-state index >= 15 is 0 Å². The van der Waals surface area contributed by atoms with Crippen molar-refractivity contribution in [1.82, 2.24) is 0 Å². The molecule has 0 unspecified atom stereocenters. The molecule has 0 heterocycles. The number of rotatable bonds is 10. The summed E-state index contributed by atoms with van der Waals surface area (Å²) in [6.07, 6.45) is 6.31. The molecule has 3 aromatic carbocycles. The van der Waals surface area contributed by atoms with Crippen molar-refractivity contribution in [2.75, 3.05) is 11.8 Å². The zero-order valence-corrected chi connectivity index (χ0v) is 22.2. The Hall–Kier alpha value is -2.95. The second-order valence-corrected chi connectivity index (χ2v) is 10.5. The van der Waals surface area contributed by atoms with Crippen molar-refractivity contribution in [1.29, 1.82) is 0 Å². The molecule has 190 valence electrons. The lowest BCUT2D eigenvalue weighted by molar-refractivity contribution is 0.0515. The molecule has 3 aromatic rings. The largest absolute Gasteiger partial charge is 0.365 e. The van der Waals surface area contributed by atoms with Crippen LogP contribution in [0.3, 0.4) is 0 Å². The number of benzene rings is 3. The van der Waals surface area contributed by atoms with Gasteiger partial charge in [0.1, 0.15) is 5.71 Å². The van der Waals surface area contributed by atoms with E-state index in [1.54, 1.807) is 24.3 Å². The molecule has 37 heavy (non-hydrogen) atoms. The fraction of sp³-hybridized carbons (Fsp3) is 0.323. The fourth-order valence-corrected chi connectivity index (χ4v) is 6.20. The number of hydrogen-bond donors (Lipinski definition) is 0. The summed E-state index contributed by atoms with van der Waals surface area (Å²) in [6.45, 7) is 0. The van der Waals surface area contributed by atoms with E-state index in [4.69, 9.17) is 28.0 Å². The molecule has 4 nitrogen and oxygen atoms in total. The summed E-state index contributed by atoms with van der Waals surface area (Å²) in [5.41, 5.74) is 6.98. The summed E-state index contributed by atoms with van der Waals surface area (Å²) in [4.78, 5) is 30.8. The van der Waals surface area contributed by atoms with Gasteiger partial charge in [-0.15, -0.1) is 23.2 Å². The van der Waals surface area contributed by atoms with Crippen LogP contribution in [0, 0.1) is 0 Å². The molecule has 0 amide bonds. The number of hydrogen-bond acceptors (Lipinski definition) is 4. The van der Waals surface area contributed by atoms with Crippen molar-refractivity contribution >= 4 is 40.7 Å². The van der Waals surface area contributed by atoms with Gasteiger partial charge in [0.15, 0.2) is 0 Å². The monoisotopic (exact) mass is 533 g/mol. The number of unbranched alkanes of at least 4 members (excludes halogenated alkanes) is 2. The zero-order valence-electron chi connectivity index (χ0n) is 20.6. The van der Waals surface area contributed by atoms with Gasteiger partial charge in [-0.2, -0.15) is 0 Å². The first-order valence-corrected chi connectivity index (χ1v) is 13.9. The van der Waals surface area contributed by atoms with Crippen LogP contribution in [0.4, 0.5) is 0 Å². The average molecular weight is 534 g/mol. The third-order valence-electron chi connectivity index (χ3n) is 7.58. The van der Waals surface area contributed by atoms with Crippen molar-refractivity contribution in [3.63, 3.8) is 0 Å². The molecule has 0 radical (unpaired) electrons. The minimum atomic E-state index is -0.578. The van der Waals surface area contributed by atoms with Gasteiger partial charge in [0.05, 0.1) is 5.56 Å². The van der Waals surface area contributed by atoms with Crippen LogP contribution in [0.2, 0.25) is 0 Å². The first-order chi connectivity index (χ1) is 18.1. The van der Waals surface area contributed by atoms with Crippen LogP contribution in [0.15, 0.2) is 71.9 Å². The Kier molecular flexibility index (Phi) is 7.78. The van der Waals surface area contributed by atoms with Crippen molar-refractivity contribution < 1.29 is 14.4 Å². The molecule has 6 heteroatoms. The molecule has 0 aromatic heterocycles. The summed E-state index contributed by atoms with van der Waals surface area (Å²) in [5, 5.41) is 3.99. The lowest BCUT2D eigenvalue weighted by atomic mass is 9.70. The predicted octanol–water partition coefficient (Wildman–Crippen LogP) is 7.72. The van der Waals surface area contributed by atoms with Crippen LogP contribution < -0.4 is 0 Å². The maximum atomic E-state index is 13.3. The summed E-state index contributed by atoms with van der Waals surface area (Å²) >= 11 is 12.1. The van der Waals surface area contributed by atoms with E-state index < -0.39 is 5.97 Å². The Bertz CT molecular complexity index is 1340. The Balaban J connectivity index is 1.51. The minimum absolute atomic E-state index is 0.137. The number of carbonyl (C=O) groups is 2. The minimum Gasteiger partial charge on any atom is -0.312 e. The second-order valence-electron chi connectivity index (χ2n) is 9.76. The molecule has 0 saturated heterocycles. The fourth-order valence-electron chi connectivity index (χ4n) is 5.82. The summed E-state index contributed by atoms with van der Waals surface area (Å²) in [6, 6.07) is 21.4. The number of Topliss-reactive ketones (excluding diaryl/α,β-unsaturated/α-hetero) is 1. The standard InChI is InChI=1S/C31H29Cl2NO3/c32-16-8-6-14-31(15-7-9-17-33)26-13-5-4-12-23(26)25-20-24-22(18-27(25)31)19-28(29(24)35)34-37-30(36)21-10-2-1-3-11-21/h1-5,10-13,18,20H,6-9,14-17,19H2/b34-28-. The van der Waals surface area contributed by atoms with Crippen molar-refractivity contribution in [2.45, 2.75) is 50.4 Å². The highest BCUT2D eigenvalue weighted by Gasteiger charge is 2.44. The number of ketones is 1. The number of oxime groups is 1. The highest BCUT2D eigenvalue weighted by molar-refractivity contribution is 6.49. The molecule has 2 aliphatic rings. The van der Waals surface area contributed by atoms with Crippen LogP contribution in [-0.2, 0) is 16.7 Å². The number of halogens is 2. The molecular formula is C31H29Cl2NO3.